The van der Waals surface area contributed by atoms with Crippen LogP contribution >= 0.6 is 35.3 Å². The lowest BCUT2D eigenvalue weighted by molar-refractivity contribution is 0.567. The van der Waals surface area contributed by atoms with Gasteiger partial charge in [0.15, 0.2) is 5.96 Å². The van der Waals surface area contributed by atoms with E-state index in [2.05, 4.69) is 55.5 Å². The molecule has 1 heterocycles. The maximum absolute atomic E-state index is 4.27. The van der Waals surface area contributed by atoms with E-state index in [-0.39, 0.29) is 24.0 Å². The third-order valence-electron chi connectivity index (χ3n) is 2.92. The van der Waals surface area contributed by atoms with Crippen molar-refractivity contribution in [2.24, 2.45) is 10.9 Å². The second-order valence-electron chi connectivity index (χ2n) is 5.44. The Morgan fingerprint density at radius 1 is 1.30 bits per heavy atom. The quantitative estimate of drug-likeness (QED) is 0.426. The summed E-state index contributed by atoms with van der Waals surface area (Å²) in [5.41, 5.74) is 0. The lowest BCUT2D eigenvalue weighted by atomic mass is 10.1. The molecular weight excluding hydrogens is 381 g/mol. The molecule has 1 atom stereocenters. The highest BCUT2D eigenvalue weighted by atomic mass is 127. The maximum Gasteiger partial charge on any atom is 0.191 e. The molecule has 1 aromatic rings. The van der Waals surface area contributed by atoms with Crippen molar-refractivity contribution in [2.75, 3.05) is 13.6 Å². The molecule has 0 bridgehead atoms. The number of guanidine groups is 1. The summed E-state index contributed by atoms with van der Waals surface area (Å²) in [4.78, 5) is 7.07. The van der Waals surface area contributed by atoms with Crippen LogP contribution in [-0.2, 0) is 6.42 Å². The van der Waals surface area contributed by atoms with Gasteiger partial charge >= 0.3 is 0 Å². The molecule has 5 heteroatoms. The Morgan fingerprint density at radius 3 is 2.50 bits per heavy atom. The molecule has 0 aliphatic rings. The van der Waals surface area contributed by atoms with Gasteiger partial charge in [0.25, 0.3) is 0 Å². The van der Waals surface area contributed by atoms with Crippen LogP contribution in [0.25, 0.3) is 0 Å². The van der Waals surface area contributed by atoms with Crippen molar-refractivity contribution in [2.45, 2.75) is 46.6 Å². The van der Waals surface area contributed by atoms with Crippen molar-refractivity contribution in [3.8, 4) is 0 Å². The van der Waals surface area contributed by atoms with E-state index in [9.17, 15) is 0 Å². The molecule has 3 nitrogen and oxygen atoms in total. The first kappa shape index (κ1) is 19.7. The molecule has 0 aliphatic heterocycles. The van der Waals surface area contributed by atoms with Crippen LogP contribution in [0.5, 0.6) is 0 Å². The fraction of sp³-hybridized carbons (Fsp3) is 0.667. The smallest absolute Gasteiger partial charge is 0.191 e. The molecule has 0 amide bonds. The minimum absolute atomic E-state index is 0. The summed E-state index contributed by atoms with van der Waals surface area (Å²) in [5, 5.41) is 6.81. The number of nitrogens with one attached hydrogen (secondary N) is 2. The van der Waals surface area contributed by atoms with Crippen LogP contribution in [0.4, 0.5) is 0 Å². The normalized spacial score (nSPS) is 13.0. The molecular formula is C15H28IN3S. The van der Waals surface area contributed by atoms with Gasteiger partial charge in [-0.1, -0.05) is 13.8 Å². The number of thiophene rings is 1. The van der Waals surface area contributed by atoms with Crippen LogP contribution in [0, 0.1) is 12.8 Å². The highest BCUT2D eigenvalue weighted by molar-refractivity contribution is 14.0. The zero-order chi connectivity index (χ0) is 14.3. The van der Waals surface area contributed by atoms with Crippen molar-refractivity contribution in [1.29, 1.82) is 0 Å². The Kier molecular flexibility index (Phi) is 10.3. The van der Waals surface area contributed by atoms with Crippen molar-refractivity contribution in [1.82, 2.24) is 10.6 Å². The molecule has 116 valence electrons. The summed E-state index contributed by atoms with van der Waals surface area (Å²) >= 11 is 1.87. The van der Waals surface area contributed by atoms with Gasteiger partial charge in [0, 0.05) is 35.8 Å². The van der Waals surface area contributed by atoms with Gasteiger partial charge < -0.3 is 10.6 Å². The molecule has 1 aromatic heterocycles. The molecule has 0 aliphatic carbocycles. The van der Waals surface area contributed by atoms with Gasteiger partial charge in [-0.15, -0.1) is 35.3 Å². The van der Waals surface area contributed by atoms with E-state index in [0.717, 1.165) is 24.8 Å². The minimum Gasteiger partial charge on any atom is -0.356 e. The monoisotopic (exact) mass is 409 g/mol. The zero-order valence-electron chi connectivity index (χ0n) is 13.2. The van der Waals surface area contributed by atoms with E-state index < -0.39 is 0 Å². The first-order valence-corrected chi connectivity index (χ1v) is 7.85. The first-order chi connectivity index (χ1) is 9.01. The summed E-state index contributed by atoms with van der Waals surface area (Å²) in [5.74, 6) is 1.62. The molecule has 0 aromatic carbocycles. The predicted molar refractivity (Wildman–Crippen MR) is 102 cm³/mol. The van der Waals surface area contributed by atoms with Gasteiger partial charge in [-0.25, -0.2) is 0 Å². The Balaban J connectivity index is 0.00000361. The van der Waals surface area contributed by atoms with Crippen LogP contribution < -0.4 is 10.6 Å². The second kappa shape index (κ2) is 10.4. The summed E-state index contributed by atoms with van der Waals surface area (Å²) in [6.07, 6.45) is 2.21. The fourth-order valence-corrected chi connectivity index (χ4v) is 2.87. The Labute approximate surface area is 144 Å². The molecule has 0 radical (unpaired) electrons. The third-order valence-corrected chi connectivity index (χ3v) is 3.95. The number of nitrogens with zero attached hydrogens (tertiary/aromatic N) is 1. The van der Waals surface area contributed by atoms with E-state index >= 15 is 0 Å². The van der Waals surface area contributed by atoms with Crippen molar-refractivity contribution in [3.63, 3.8) is 0 Å². The molecule has 0 saturated carbocycles. The average molecular weight is 409 g/mol. The number of aryl methyl sites for hydroxylation is 1. The molecule has 1 unspecified atom stereocenters. The Hall–Kier alpha value is -0.300. The highest BCUT2D eigenvalue weighted by Crippen LogP contribution is 2.16. The van der Waals surface area contributed by atoms with Crippen LogP contribution in [0.3, 0.4) is 0 Å². The number of hydrogen-bond acceptors (Lipinski definition) is 2. The molecule has 20 heavy (non-hydrogen) atoms. The third kappa shape index (κ3) is 8.09. The van der Waals surface area contributed by atoms with Gasteiger partial charge in [0.2, 0.25) is 0 Å². The zero-order valence-corrected chi connectivity index (χ0v) is 16.3. The highest BCUT2D eigenvalue weighted by Gasteiger charge is 2.07. The van der Waals surface area contributed by atoms with Gasteiger partial charge in [-0.2, -0.15) is 0 Å². The average Bonchev–Trinajstić information content (AvgIpc) is 2.72. The summed E-state index contributed by atoms with van der Waals surface area (Å²) < 4.78 is 0. The summed E-state index contributed by atoms with van der Waals surface area (Å²) in [7, 11) is 1.83. The Morgan fingerprint density at radius 2 is 2.00 bits per heavy atom. The molecule has 1 rings (SSSR count). The van der Waals surface area contributed by atoms with Gasteiger partial charge in [0.05, 0.1) is 0 Å². The summed E-state index contributed by atoms with van der Waals surface area (Å²) in [6.45, 7) is 9.80. The first-order valence-electron chi connectivity index (χ1n) is 7.03. The van der Waals surface area contributed by atoms with E-state index in [1.807, 2.05) is 18.4 Å². The number of aliphatic imine (C=N–C) groups is 1. The van der Waals surface area contributed by atoms with Crippen LogP contribution in [0.1, 0.15) is 36.9 Å². The molecule has 2 N–H and O–H groups in total. The Bertz CT molecular complexity index is 402. The van der Waals surface area contributed by atoms with E-state index in [1.54, 1.807) is 0 Å². The van der Waals surface area contributed by atoms with Crippen molar-refractivity contribution >= 4 is 41.3 Å². The molecule has 0 saturated heterocycles. The van der Waals surface area contributed by atoms with Gasteiger partial charge in [-0.3, -0.25) is 4.99 Å². The summed E-state index contributed by atoms with van der Waals surface area (Å²) in [6, 6.07) is 4.79. The molecule has 0 spiro atoms. The lowest BCUT2D eigenvalue weighted by Gasteiger charge is -2.17. The minimum atomic E-state index is 0. The van der Waals surface area contributed by atoms with Crippen molar-refractivity contribution in [3.05, 3.63) is 21.9 Å². The maximum atomic E-state index is 4.27. The van der Waals surface area contributed by atoms with Crippen LogP contribution in [-0.4, -0.2) is 25.6 Å². The topological polar surface area (TPSA) is 36.4 Å². The second-order valence-corrected chi connectivity index (χ2v) is 6.82. The number of hydrogen-bond donors (Lipinski definition) is 2. The van der Waals surface area contributed by atoms with Crippen LogP contribution in [0.2, 0.25) is 0 Å². The SMILES string of the molecule is CN=C(NCCC(C)C)NC(C)Cc1ccc(C)s1.I. The number of halogens is 1. The standard InChI is InChI=1S/C15H27N3S.HI/c1-11(2)8-9-17-15(16-5)18-12(3)10-14-7-6-13(4)19-14;/h6-7,11-12H,8-10H2,1-5H3,(H2,16,17,18);1H. The lowest BCUT2D eigenvalue weighted by Crippen LogP contribution is -2.43. The van der Waals surface area contributed by atoms with Gasteiger partial charge in [-0.05, 0) is 38.3 Å². The van der Waals surface area contributed by atoms with Crippen LogP contribution in [0.15, 0.2) is 17.1 Å². The predicted octanol–water partition coefficient (Wildman–Crippen LogP) is 3.82. The fourth-order valence-electron chi connectivity index (χ4n) is 1.85. The van der Waals surface area contributed by atoms with Gasteiger partial charge in [0.1, 0.15) is 0 Å². The van der Waals surface area contributed by atoms with Crippen molar-refractivity contribution < 1.29 is 0 Å². The van der Waals surface area contributed by atoms with E-state index in [4.69, 9.17) is 0 Å². The largest absolute Gasteiger partial charge is 0.356 e. The number of rotatable bonds is 6. The van der Waals surface area contributed by atoms with E-state index in [1.165, 1.54) is 16.2 Å². The molecule has 0 fully saturated rings. The van der Waals surface area contributed by atoms with E-state index in [0.29, 0.717) is 6.04 Å².